The molecule has 0 aliphatic rings. The number of carboxylic acids is 1. The summed E-state index contributed by atoms with van der Waals surface area (Å²) in [4.78, 5) is 24.4. The van der Waals surface area contributed by atoms with Crippen LogP contribution in [0.15, 0.2) is 12.7 Å². The monoisotopic (exact) mass is 270 g/mol. The predicted octanol–water partition coefficient (Wildman–Crippen LogP) is -0.476. The first-order valence-electron chi connectivity index (χ1n) is 5.00. The van der Waals surface area contributed by atoms with E-state index in [1.54, 1.807) is 7.05 Å². The first kappa shape index (κ1) is 14.2. The summed E-state index contributed by atoms with van der Waals surface area (Å²) in [5.41, 5.74) is 6.78. The number of hydrogen-bond donors (Lipinski definition) is 5. The maximum Gasteiger partial charge on any atom is 0.321 e. The summed E-state index contributed by atoms with van der Waals surface area (Å²) in [6, 6.07) is -0.515. The van der Waals surface area contributed by atoms with Crippen molar-refractivity contribution in [2.45, 2.75) is 6.04 Å². The smallest absolute Gasteiger partial charge is 0.321 e. The van der Waals surface area contributed by atoms with Gasteiger partial charge in [0.05, 0.1) is 6.33 Å². The van der Waals surface area contributed by atoms with E-state index in [0.717, 1.165) is 0 Å². The number of carbonyl (C=O) groups is 1. The minimum absolute atomic E-state index is 0.325. The summed E-state index contributed by atoms with van der Waals surface area (Å²) in [5, 5.41) is 10.8. The highest BCUT2D eigenvalue weighted by Crippen LogP contribution is 2.09. The van der Waals surface area contributed by atoms with Crippen LogP contribution in [0.4, 0.5) is 5.82 Å². The van der Waals surface area contributed by atoms with Gasteiger partial charge in [-0.05, 0) is 7.05 Å². The van der Waals surface area contributed by atoms with Crippen molar-refractivity contribution in [2.75, 3.05) is 18.5 Å². The van der Waals surface area contributed by atoms with Crippen LogP contribution in [0.2, 0.25) is 0 Å². The number of thiol groups is 1. The second-order valence-electron chi connectivity index (χ2n) is 3.22. The van der Waals surface area contributed by atoms with Gasteiger partial charge in [0.25, 0.3) is 0 Å². The van der Waals surface area contributed by atoms with Crippen LogP contribution in [0.1, 0.15) is 0 Å². The third-order valence-electron chi connectivity index (χ3n) is 2.08. The van der Waals surface area contributed by atoms with E-state index in [2.05, 4.69) is 37.9 Å². The number of nitrogens with one attached hydrogen (secondary N) is 2. The number of nitrogen functional groups attached to an aromatic ring is 1. The van der Waals surface area contributed by atoms with Gasteiger partial charge >= 0.3 is 5.97 Å². The van der Waals surface area contributed by atoms with Crippen LogP contribution in [0, 0.1) is 0 Å². The van der Waals surface area contributed by atoms with Gasteiger partial charge in [-0.1, -0.05) is 0 Å². The molecule has 0 bridgehead atoms. The molecule has 0 fully saturated rings. The van der Waals surface area contributed by atoms with Crippen LogP contribution in [-0.2, 0) is 4.79 Å². The van der Waals surface area contributed by atoms with Crippen molar-refractivity contribution in [3.8, 4) is 0 Å². The molecule has 0 aliphatic heterocycles. The first-order chi connectivity index (χ1) is 8.60. The summed E-state index contributed by atoms with van der Waals surface area (Å²) in [6.07, 6.45) is 2.92. The molecule has 2 aromatic heterocycles. The van der Waals surface area contributed by atoms with Crippen molar-refractivity contribution >= 4 is 35.6 Å². The van der Waals surface area contributed by atoms with Crippen molar-refractivity contribution in [3.63, 3.8) is 0 Å². The Hall–Kier alpha value is -1.87. The quantitative estimate of drug-likeness (QED) is 0.476. The minimum Gasteiger partial charge on any atom is -0.480 e. The molecule has 0 saturated carbocycles. The van der Waals surface area contributed by atoms with Gasteiger partial charge in [-0.3, -0.25) is 4.79 Å². The number of aromatic nitrogens is 4. The second-order valence-corrected chi connectivity index (χ2v) is 3.59. The van der Waals surface area contributed by atoms with E-state index in [-0.39, 0.29) is 0 Å². The number of nitrogens with zero attached hydrogens (tertiary/aromatic N) is 3. The number of hydrogen-bond acceptors (Lipinski definition) is 7. The summed E-state index contributed by atoms with van der Waals surface area (Å²) in [7, 11) is 1.59. The largest absolute Gasteiger partial charge is 0.480 e. The molecule has 8 nitrogen and oxygen atoms in total. The molecule has 2 rings (SSSR count). The molecule has 2 heterocycles. The molecule has 0 amide bonds. The standard InChI is InChI=1S/C5H5N5.C4H9NO2S/c6-4-3-5(9-1-7-3)10-2-8-4;1-5-3(2-8)4(6)7/h1-2H,(H3,6,7,8,9,10);3,5,8H,2H2,1H3,(H,6,7). The fourth-order valence-electron chi connectivity index (χ4n) is 1.08. The van der Waals surface area contributed by atoms with Gasteiger partial charge < -0.3 is 21.1 Å². The molecule has 0 spiro atoms. The Bertz CT molecular complexity index is 512. The Labute approximate surface area is 108 Å². The van der Waals surface area contributed by atoms with Gasteiger partial charge in [-0.25, -0.2) is 15.0 Å². The third kappa shape index (κ3) is 3.57. The molecular formula is C9H14N6O2S. The lowest BCUT2D eigenvalue weighted by atomic mass is 10.3. The van der Waals surface area contributed by atoms with Crippen LogP contribution in [0.25, 0.3) is 11.2 Å². The van der Waals surface area contributed by atoms with E-state index in [1.165, 1.54) is 12.7 Å². The molecule has 1 unspecified atom stereocenters. The third-order valence-corrected chi connectivity index (χ3v) is 2.45. The number of fused-ring (bicyclic) bond motifs is 1. The maximum atomic E-state index is 10.1. The van der Waals surface area contributed by atoms with Gasteiger partial charge in [0, 0.05) is 5.75 Å². The van der Waals surface area contributed by atoms with Gasteiger partial charge in [-0.2, -0.15) is 12.6 Å². The molecule has 1 atom stereocenters. The fraction of sp³-hybridized carbons (Fsp3) is 0.333. The fourth-order valence-corrected chi connectivity index (χ4v) is 1.42. The highest BCUT2D eigenvalue weighted by Gasteiger charge is 2.10. The highest BCUT2D eigenvalue weighted by atomic mass is 32.1. The Morgan fingerprint density at radius 3 is 2.78 bits per heavy atom. The Morgan fingerprint density at radius 2 is 2.33 bits per heavy atom. The molecule has 2 aromatic rings. The SMILES string of the molecule is CNC(CS)C(=O)O.Nc1ncnc2nc[nH]c12. The van der Waals surface area contributed by atoms with E-state index < -0.39 is 12.0 Å². The average Bonchev–Trinajstić information content (AvgIpc) is 2.80. The van der Waals surface area contributed by atoms with Crippen molar-refractivity contribution < 1.29 is 9.90 Å². The van der Waals surface area contributed by atoms with Gasteiger partial charge in [0.2, 0.25) is 0 Å². The number of likely N-dealkylation sites (N-methyl/N-ethyl adjacent to an activating group) is 1. The highest BCUT2D eigenvalue weighted by molar-refractivity contribution is 7.80. The summed E-state index contributed by atoms with van der Waals surface area (Å²) in [6.45, 7) is 0. The number of rotatable bonds is 3. The molecule has 0 radical (unpaired) electrons. The molecular weight excluding hydrogens is 256 g/mol. The Morgan fingerprint density at radius 1 is 1.61 bits per heavy atom. The minimum atomic E-state index is -0.859. The Balaban J connectivity index is 0.000000187. The first-order valence-corrected chi connectivity index (χ1v) is 5.63. The van der Waals surface area contributed by atoms with Gasteiger partial charge in [0.15, 0.2) is 11.5 Å². The van der Waals surface area contributed by atoms with Crippen molar-refractivity contribution in [1.29, 1.82) is 0 Å². The second kappa shape index (κ2) is 6.77. The van der Waals surface area contributed by atoms with E-state index in [0.29, 0.717) is 22.7 Å². The Kier molecular flexibility index (Phi) is 5.33. The maximum absolute atomic E-state index is 10.1. The molecule has 18 heavy (non-hydrogen) atoms. The van der Waals surface area contributed by atoms with Crippen LogP contribution in [0.3, 0.4) is 0 Å². The van der Waals surface area contributed by atoms with Crippen LogP contribution < -0.4 is 11.1 Å². The molecule has 5 N–H and O–H groups in total. The van der Waals surface area contributed by atoms with E-state index in [4.69, 9.17) is 10.8 Å². The topological polar surface area (TPSA) is 130 Å². The lowest BCUT2D eigenvalue weighted by Crippen LogP contribution is -2.35. The van der Waals surface area contributed by atoms with Crippen molar-refractivity contribution in [1.82, 2.24) is 25.3 Å². The van der Waals surface area contributed by atoms with Crippen molar-refractivity contribution in [3.05, 3.63) is 12.7 Å². The number of aliphatic carboxylic acids is 1. The van der Waals surface area contributed by atoms with Crippen LogP contribution in [0.5, 0.6) is 0 Å². The number of imidazole rings is 1. The van der Waals surface area contributed by atoms with E-state index >= 15 is 0 Å². The predicted molar refractivity (Wildman–Crippen MR) is 70.4 cm³/mol. The summed E-state index contributed by atoms with van der Waals surface area (Å²) < 4.78 is 0. The molecule has 0 aliphatic carbocycles. The summed E-state index contributed by atoms with van der Waals surface area (Å²) >= 11 is 3.79. The van der Waals surface area contributed by atoms with Gasteiger partial charge in [-0.15, -0.1) is 0 Å². The normalized spacial score (nSPS) is 11.7. The van der Waals surface area contributed by atoms with Crippen LogP contribution in [-0.4, -0.2) is 49.9 Å². The van der Waals surface area contributed by atoms with E-state index in [1.807, 2.05) is 0 Å². The number of aromatic amines is 1. The number of H-pyrrole nitrogens is 1. The lowest BCUT2D eigenvalue weighted by Gasteiger charge is -2.04. The van der Waals surface area contributed by atoms with Crippen LogP contribution >= 0.6 is 12.6 Å². The average molecular weight is 270 g/mol. The zero-order valence-electron chi connectivity index (χ0n) is 9.66. The lowest BCUT2D eigenvalue weighted by molar-refractivity contribution is -0.138. The molecule has 9 heteroatoms. The van der Waals surface area contributed by atoms with Crippen molar-refractivity contribution in [2.24, 2.45) is 0 Å². The zero-order chi connectivity index (χ0) is 13.5. The number of nitrogens with two attached hydrogens (primary N) is 1. The number of carboxylic acid groups (broad SMARTS) is 1. The zero-order valence-corrected chi connectivity index (χ0v) is 10.6. The molecule has 0 saturated heterocycles. The molecule has 98 valence electrons. The number of anilines is 1. The summed E-state index contributed by atoms with van der Waals surface area (Å²) in [5.74, 6) is -0.101. The molecule has 0 aromatic carbocycles. The van der Waals surface area contributed by atoms with Gasteiger partial charge in [0.1, 0.15) is 17.9 Å². The van der Waals surface area contributed by atoms with E-state index in [9.17, 15) is 4.79 Å².